The molecule has 0 bridgehead atoms. The highest BCUT2D eigenvalue weighted by Crippen LogP contribution is 2.34. The number of hydrogen-bond acceptors (Lipinski definition) is 17. The van der Waals surface area contributed by atoms with Crippen LogP contribution in [-0.4, -0.2) is 42.7 Å². The lowest BCUT2D eigenvalue weighted by molar-refractivity contribution is -0.777. The van der Waals surface area contributed by atoms with Gasteiger partial charge >= 0.3 is 0 Å². The first-order chi connectivity index (χ1) is 22.8. The first-order valence-electron chi connectivity index (χ1n) is 12.7. The molecule has 0 spiro atoms. The van der Waals surface area contributed by atoms with Gasteiger partial charge in [-0.2, -0.15) is 8.67 Å². The molecule has 0 aliphatic carbocycles. The second-order valence-electron chi connectivity index (χ2n) is 9.38. The third-order valence-corrected chi connectivity index (χ3v) is 9.32. The van der Waals surface area contributed by atoms with Crippen LogP contribution in [0.1, 0.15) is 21.0 Å². The number of hydrogen-bond donors (Lipinski definition) is 2. The Morgan fingerprint density at radius 2 is 1.23 bits per heavy atom. The molecule has 0 aliphatic heterocycles. The van der Waals surface area contributed by atoms with Crippen molar-refractivity contribution in [2.45, 2.75) is 19.6 Å². The van der Waals surface area contributed by atoms with Crippen LogP contribution in [0.5, 0.6) is 0 Å². The summed E-state index contributed by atoms with van der Waals surface area (Å²) in [5, 5.41) is 33.3. The lowest BCUT2D eigenvalue weighted by Crippen LogP contribution is -2.19. The van der Waals surface area contributed by atoms with E-state index in [9.17, 15) is 46.0 Å². The van der Waals surface area contributed by atoms with E-state index in [-0.39, 0.29) is 38.4 Å². The average Bonchev–Trinajstić information content (AvgIpc) is 3.04. The Morgan fingerprint density at radius 1 is 0.646 bits per heavy atom. The number of carbonyl (C=O) groups excluding carboxylic acids is 2. The number of rotatable bonds is 12. The molecule has 21 heteroatoms. The van der Waals surface area contributed by atoms with Crippen molar-refractivity contribution >= 4 is 89.1 Å². The summed E-state index contributed by atoms with van der Waals surface area (Å²) in [6, 6.07) is 16.6. The Balaban J connectivity index is 1.42. The van der Waals surface area contributed by atoms with E-state index in [4.69, 9.17) is 0 Å². The third kappa shape index (κ3) is 8.24. The normalized spacial score (nSPS) is 11.9. The molecule has 4 aromatic carbocycles. The van der Waals surface area contributed by atoms with Crippen molar-refractivity contribution in [1.29, 1.82) is 0 Å². The van der Waals surface area contributed by atoms with Crippen molar-refractivity contribution in [2.24, 2.45) is 0 Å². The van der Waals surface area contributed by atoms with Crippen LogP contribution in [0.2, 0.25) is 0 Å². The molecule has 0 saturated heterocycles. The van der Waals surface area contributed by atoms with Crippen molar-refractivity contribution in [3.05, 3.63) is 90.3 Å². The number of anilines is 2. The van der Waals surface area contributed by atoms with Crippen LogP contribution in [-0.2, 0) is 39.0 Å². The van der Waals surface area contributed by atoms with Crippen LogP contribution in [0.3, 0.4) is 0 Å². The second-order valence-corrected chi connectivity index (χ2v) is 13.6. The molecule has 0 fully saturated rings. The standard InChI is InChI=1S/C27H19N3O14S4/c31-26(29-22-10-15-5-7-19(47(35,36)37)9-17(15)12-24(22)46-44-42-34)20-2-1-3-21(28-20)27(32)30-23-11-14-4-6-18(45-43-41-33)8-16(14)13-25(23)48(38,39)40/h1-13,33-34H,(H,29,31)(H,30,32)(H,35,36,37)(H,38,39,40)/p-4. The molecule has 250 valence electrons. The Bertz CT molecular complexity index is 2290. The fourth-order valence-electron chi connectivity index (χ4n) is 4.35. The van der Waals surface area contributed by atoms with Gasteiger partial charge in [0.2, 0.25) is 0 Å². The summed E-state index contributed by atoms with van der Waals surface area (Å²) < 4.78 is 79.2. The maximum Gasteiger partial charge on any atom is 0.274 e. The van der Waals surface area contributed by atoms with E-state index in [1.807, 2.05) is 0 Å². The van der Waals surface area contributed by atoms with Crippen LogP contribution in [0, 0.1) is 0 Å². The molecule has 2 amide bonds. The number of benzene rings is 4. The number of nitrogens with one attached hydrogen (secondary N) is 2. The van der Waals surface area contributed by atoms with Crippen LogP contribution in [0.4, 0.5) is 11.4 Å². The largest absolute Gasteiger partial charge is 0.744 e. The zero-order chi connectivity index (χ0) is 34.6. The van der Waals surface area contributed by atoms with Crippen molar-refractivity contribution in [1.82, 2.24) is 4.98 Å². The summed E-state index contributed by atoms with van der Waals surface area (Å²) in [4.78, 5) is 29.5. The molecule has 2 N–H and O–H groups in total. The highest BCUT2D eigenvalue weighted by Gasteiger charge is 2.19. The van der Waals surface area contributed by atoms with Gasteiger partial charge in [0.05, 0.1) is 50.1 Å². The molecule has 17 nitrogen and oxygen atoms in total. The van der Waals surface area contributed by atoms with Gasteiger partial charge in [0.1, 0.15) is 31.6 Å². The lowest BCUT2D eigenvalue weighted by Gasteiger charge is -2.16. The van der Waals surface area contributed by atoms with E-state index >= 15 is 0 Å². The molecule has 0 unspecified atom stereocenters. The molecule has 1 aromatic heterocycles. The average molecular weight is 734 g/mol. The molecular formula is C27H15N3O14S4-4. The number of pyridine rings is 1. The lowest BCUT2D eigenvalue weighted by atomic mass is 10.1. The van der Waals surface area contributed by atoms with Gasteiger partial charge in [0, 0.05) is 4.90 Å². The van der Waals surface area contributed by atoms with Crippen molar-refractivity contribution < 1.29 is 64.8 Å². The zero-order valence-corrected chi connectivity index (χ0v) is 26.6. The first kappa shape index (κ1) is 35.1. The van der Waals surface area contributed by atoms with Gasteiger partial charge in [-0.15, -0.1) is 0 Å². The van der Waals surface area contributed by atoms with Crippen LogP contribution < -0.4 is 21.1 Å². The Labute approximate surface area is 278 Å². The highest BCUT2D eigenvalue weighted by molar-refractivity contribution is 7.95. The smallest absolute Gasteiger partial charge is 0.274 e. The third-order valence-electron chi connectivity index (χ3n) is 6.40. The summed E-state index contributed by atoms with van der Waals surface area (Å²) in [5.41, 5.74) is -0.970. The minimum Gasteiger partial charge on any atom is -0.744 e. The Morgan fingerprint density at radius 3 is 1.85 bits per heavy atom. The van der Waals surface area contributed by atoms with Gasteiger partial charge in [0.15, 0.2) is 0 Å². The van der Waals surface area contributed by atoms with Crippen molar-refractivity contribution in [2.75, 3.05) is 10.6 Å². The SMILES string of the molecule is O=C(Nc1cc2ccc(S(=O)(=O)[O-])cc2cc1SOO[O-])c1cccc(C(=O)Nc2cc3ccc(SOO[O-])cc3cc2S(=O)(=O)[O-])n1. The Kier molecular flexibility index (Phi) is 10.6. The number of aromatic nitrogens is 1. The molecule has 5 rings (SSSR count). The fraction of sp³-hybridized carbons (Fsp3) is 0. The van der Waals surface area contributed by atoms with Crippen molar-refractivity contribution in [3.8, 4) is 0 Å². The van der Waals surface area contributed by atoms with Crippen LogP contribution in [0.25, 0.3) is 21.5 Å². The van der Waals surface area contributed by atoms with Gasteiger partial charge in [-0.25, -0.2) is 21.8 Å². The quantitative estimate of drug-likeness (QED) is 0.0804. The molecule has 0 saturated carbocycles. The van der Waals surface area contributed by atoms with E-state index in [0.717, 1.165) is 18.2 Å². The van der Waals surface area contributed by atoms with E-state index < -0.39 is 41.8 Å². The predicted molar refractivity (Wildman–Crippen MR) is 160 cm³/mol. The van der Waals surface area contributed by atoms with E-state index in [1.54, 1.807) is 0 Å². The van der Waals surface area contributed by atoms with Gasteiger partial charge < -0.3 is 30.3 Å². The monoisotopic (exact) mass is 733 g/mol. The number of carbonyl (C=O) groups is 2. The summed E-state index contributed by atoms with van der Waals surface area (Å²) >= 11 is 0.910. The summed E-state index contributed by atoms with van der Waals surface area (Å²) in [6.45, 7) is 0. The summed E-state index contributed by atoms with van der Waals surface area (Å²) in [5.74, 6) is -1.84. The zero-order valence-electron chi connectivity index (χ0n) is 23.3. The molecule has 1 heterocycles. The van der Waals surface area contributed by atoms with Crippen molar-refractivity contribution in [3.63, 3.8) is 0 Å². The molecule has 0 aliphatic rings. The van der Waals surface area contributed by atoms with Gasteiger partial charge in [-0.1, -0.05) is 18.2 Å². The Hall–Kier alpha value is -4.23. The molecule has 0 radical (unpaired) electrons. The topological polar surface area (TPSA) is 269 Å². The molecular weight excluding hydrogens is 719 g/mol. The molecule has 48 heavy (non-hydrogen) atoms. The minimum atomic E-state index is -5.12. The molecule has 0 atom stereocenters. The van der Waals surface area contributed by atoms with E-state index in [1.165, 1.54) is 60.7 Å². The highest BCUT2D eigenvalue weighted by atomic mass is 32.2. The number of fused-ring (bicyclic) bond motifs is 2. The first-order valence-corrected chi connectivity index (χ1v) is 17.0. The van der Waals surface area contributed by atoms with Crippen LogP contribution >= 0.6 is 24.1 Å². The number of amides is 2. The van der Waals surface area contributed by atoms with E-state index in [2.05, 4.69) is 34.4 Å². The van der Waals surface area contributed by atoms with Gasteiger partial charge in [-0.3, -0.25) is 19.7 Å². The fourth-order valence-corrected chi connectivity index (χ4v) is 6.39. The number of nitrogens with zero attached hydrogens (tertiary/aromatic N) is 1. The molecule has 5 aromatic rings. The van der Waals surface area contributed by atoms with Crippen LogP contribution in [0.15, 0.2) is 98.4 Å². The minimum absolute atomic E-state index is 0.0408. The van der Waals surface area contributed by atoms with Gasteiger partial charge in [-0.05, 0) is 82.2 Å². The second kappa shape index (κ2) is 14.5. The van der Waals surface area contributed by atoms with E-state index in [0.29, 0.717) is 39.8 Å². The summed E-state index contributed by atoms with van der Waals surface area (Å²) in [7, 11) is -9.90. The van der Waals surface area contributed by atoms with Gasteiger partial charge in [0.25, 0.3) is 11.8 Å². The predicted octanol–water partition coefficient (Wildman–Crippen LogP) is 2.16. The summed E-state index contributed by atoms with van der Waals surface area (Å²) in [6.07, 6.45) is 0. The maximum atomic E-state index is 13.2. The maximum absolute atomic E-state index is 13.2.